The molecule has 4 rings (SSSR count). The highest BCUT2D eigenvalue weighted by Crippen LogP contribution is 2.32. The summed E-state index contributed by atoms with van der Waals surface area (Å²) in [4.78, 5) is 17.3. The summed E-state index contributed by atoms with van der Waals surface area (Å²) >= 11 is 1.58. The summed E-state index contributed by atoms with van der Waals surface area (Å²) in [5.74, 6) is 1.24. The number of rotatable bonds is 5. The van der Waals surface area contributed by atoms with Crippen molar-refractivity contribution in [3.63, 3.8) is 0 Å². The highest BCUT2D eigenvalue weighted by Gasteiger charge is 2.24. The SMILES string of the molecule is Cc1nc(COc2ccccc2C(=O)N[C@@H]2CCOc3ccccc32)cs1. The molecule has 0 saturated carbocycles. The highest BCUT2D eigenvalue weighted by atomic mass is 32.1. The Morgan fingerprint density at radius 1 is 1.26 bits per heavy atom. The Kier molecular flexibility index (Phi) is 5.07. The molecular weight excluding hydrogens is 360 g/mol. The van der Waals surface area contributed by atoms with E-state index in [1.807, 2.05) is 54.8 Å². The predicted molar refractivity (Wildman–Crippen MR) is 104 cm³/mol. The Hall–Kier alpha value is -2.86. The molecule has 27 heavy (non-hydrogen) atoms. The topological polar surface area (TPSA) is 60.5 Å². The van der Waals surface area contributed by atoms with Crippen molar-refractivity contribution in [2.45, 2.75) is 26.0 Å². The Bertz CT molecular complexity index is 954. The first kappa shape index (κ1) is 17.5. The molecule has 5 nitrogen and oxygen atoms in total. The average Bonchev–Trinajstić information content (AvgIpc) is 3.12. The van der Waals surface area contributed by atoms with E-state index in [4.69, 9.17) is 9.47 Å². The Balaban J connectivity index is 1.49. The number of ether oxygens (including phenoxy) is 2. The van der Waals surface area contributed by atoms with Gasteiger partial charge in [0.15, 0.2) is 0 Å². The van der Waals surface area contributed by atoms with Crippen molar-refractivity contribution in [2.75, 3.05) is 6.61 Å². The molecule has 0 saturated heterocycles. The normalized spacial score (nSPS) is 15.5. The second kappa shape index (κ2) is 7.80. The summed E-state index contributed by atoms with van der Waals surface area (Å²) in [5.41, 5.74) is 2.40. The van der Waals surface area contributed by atoms with Crippen LogP contribution in [0.3, 0.4) is 0 Å². The van der Waals surface area contributed by atoms with Crippen LogP contribution in [-0.4, -0.2) is 17.5 Å². The summed E-state index contributed by atoms with van der Waals surface area (Å²) in [7, 11) is 0. The molecule has 0 aliphatic carbocycles. The number of nitrogens with one attached hydrogen (secondary N) is 1. The van der Waals surface area contributed by atoms with Crippen LogP contribution in [0.25, 0.3) is 0 Å². The van der Waals surface area contributed by atoms with Crippen molar-refractivity contribution < 1.29 is 14.3 Å². The third kappa shape index (κ3) is 3.95. The van der Waals surface area contributed by atoms with Crippen LogP contribution in [0.5, 0.6) is 11.5 Å². The van der Waals surface area contributed by atoms with E-state index in [1.165, 1.54) is 0 Å². The first-order valence-electron chi connectivity index (χ1n) is 8.86. The van der Waals surface area contributed by atoms with Crippen molar-refractivity contribution >= 4 is 17.2 Å². The van der Waals surface area contributed by atoms with E-state index in [-0.39, 0.29) is 11.9 Å². The zero-order valence-electron chi connectivity index (χ0n) is 15.0. The number of fused-ring (bicyclic) bond motifs is 1. The maximum Gasteiger partial charge on any atom is 0.255 e. The summed E-state index contributed by atoms with van der Waals surface area (Å²) in [6.45, 7) is 2.89. The average molecular weight is 380 g/mol. The number of benzene rings is 2. The van der Waals surface area contributed by atoms with Gasteiger partial charge >= 0.3 is 0 Å². The highest BCUT2D eigenvalue weighted by molar-refractivity contribution is 7.09. The molecule has 138 valence electrons. The molecule has 0 unspecified atom stereocenters. The summed E-state index contributed by atoms with van der Waals surface area (Å²) < 4.78 is 11.5. The largest absolute Gasteiger partial charge is 0.493 e. The molecule has 1 N–H and O–H groups in total. The van der Waals surface area contributed by atoms with Crippen LogP contribution in [0.2, 0.25) is 0 Å². The molecule has 2 aromatic carbocycles. The van der Waals surface area contributed by atoms with Gasteiger partial charge in [-0.1, -0.05) is 30.3 Å². The van der Waals surface area contributed by atoms with Crippen LogP contribution in [-0.2, 0) is 6.61 Å². The van der Waals surface area contributed by atoms with Gasteiger partial charge in [0.2, 0.25) is 0 Å². The molecule has 0 radical (unpaired) electrons. The lowest BCUT2D eigenvalue weighted by Gasteiger charge is -2.26. The van der Waals surface area contributed by atoms with Crippen molar-refractivity contribution in [3.8, 4) is 11.5 Å². The van der Waals surface area contributed by atoms with Crippen LogP contribution in [0.4, 0.5) is 0 Å². The molecule has 1 atom stereocenters. The van der Waals surface area contributed by atoms with Gasteiger partial charge in [0, 0.05) is 17.4 Å². The number of aryl methyl sites for hydroxylation is 1. The van der Waals surface area contributed by atoms with Gasteiger partial charge in [-0.15, -0.1) is 11.3 Å². The van der Waals surface area contributed by atoms with Gasteiger partial charge in [0.05, 0.1) is 28.9 Å². The van der Waals surface area contributed by atoms with Crippen molar-refractivity contribution in [1.82, 2.24) is 10.3 Å². The van der Waals surface area contributed by atoms with Gasteiger partial charge in [-0.2, -0.15) is 0 Å². The number of carbonyl (C=O) groups excluding carboxylic acids is 1. The fourth-order valence-electron chi connectivity index (χ4n) is 3.13. The number of para-hydroxylation sites is 2. The van der Waals surface area contributed by atoms with Crippen molar-refractivity contribution in [1.29, 1.82) is 0 Å². The molecule has 1 aliphatic rings. The Labute approximate surface area is 162 Å². The van der Waals surface area contributed by atoms with Crippen molar-refractivity contribution in [3.05, 3.63) is 75.7 Å². The van der Waals surface area contributed by atoms with Crippen LogP contribution in [0, 0.1) is 6.92 Å². The van der Waals surface area contributed by atoms with E-state index in [0.717, 1.165) is 28.4 Å². The van der Waals surface area contributed by atoms with E-state index in [0.29, 0.717) is 24.5 Å². The lowest BCUT2D eigenvalue weighted by atomic mass is 10.00. The fourth-order valence-corrected chi connectivity index (χ4v) is 3.73. The Morgan fingerprint density at radius 3 is 2.93 bits per heavy atom. The van der Waals surface area contributed by atoms with Gasteiger partial charge in [0.25, 0.3) is 5.91 Å². The fraction of sp³-hybridized carbons (Fsp3) is 0.238. The molecule has 1 aromatic heterocycles. The first-order chi connectivity index (χ1) is 13.2. The zero-order valence-corrected chi connectivity index (χ0v) is 15.8. The number of thiazole rings is 1. The zero-order chi connectivity index (χ0) is 18.6. The summed E-state index contributed by atoms with van der Waals surface area (Å²) in [6, 6.07) is 15.0. The van der Waals surface area contributed by atoms with E-state index in [2.05, 4.69) is 10.3 Å². The van der Waals surface area contributed by atoms with Gasteiger partial charge in [0.1, 0.15) is 18.1 Å². The lowest BCUT2D eigenvalue weighted by molar-refractivity contribution is 0.0920. The molecule has 6 heteroatoms. The minimum atomic E-state index is -0.151. The van der Waals surface area contributed by atoms with Crippen LogP contribution < -0.4 is 14.8 Å². The second-order valence-corrected chi connectivity index (χ2v) is 7.41. The molecular formula is C21H20N2O3S. The molecule has 1 aliphatic heterocycles. The van der Waals surface area contributed by atoms with Crippen LogP contribution in [0.15, 0.2) is 53.9 Å². The number of aromatic nitrogens is 1. The molecule has 3 aromatic rings. The van der Waals surface area contributed by atoms with E-state index >= 15 is 0 Å². The molecule has 0 bridgehead atoms. The molecule has 0 fully saturated rings. The van der Waals surface area contributed by atoms with Gasteiger partial charge in [-0.05, 0) is 25.1 Å². The standard InChI is InChI=1S/C21H20N2O3S/c1-14-22-15(13-27-14)12-26-20-9-5-3-7-17(20)21(24)23-18-10-11-25-19-8-4-2-6-16(18)19/h2-9,13,18H,10-12H2,1H3,(H,23,24)/t18-/m1/s1. The minimum absolute atomic E-state index is 0.0725. The quantitative estimate of drug-likeness (QED) is 0.718. The number of carbonyl (C=O) groups is 1. The first-order valence-corrected chi connectivity index (χ1v) is 9.74. The lowest BCUT2D eigenvalue weighted by Crippen LogP contribution is -2.32. The smallest absolute Gasteiger partial charge is 0.255 e. The molecule has 1 amide bonds. The van der Waals surface area contributed by atoms with E-state index in [1.54, 1.807) is 17.4 Å². The third-order valence-corrected chi connectivity index (χ3v) is 5.26. The number of amides is 1. The van der Waals surface area contributed by atoms with E-state index < -0.39 is 0 Å². The Morgan fingerprint density at radius 2 is 2.07 bits per heavy atom. The minimum Gasteiger partial charge on any atom is -0.493 e. The maximum absolute atomic E-state index is 12.9. The monoisotopic (exact) mass is 380 g/mol. The molecule has 2 heterocycles. The summed E-state index contributed by atoms with van der Waals surface area (Å²) in [6.07, 6.45) is 0.740. The van der Waals surface area contributed by atoms with Gasteiger partial charge in [-0.25, -0.2) is 4.98 Å². The van der Waals surface area contributed by atoms with Gasteiger partial charge < -0.3 is 14.8 Å². The second-order valence-electron chi connectivity index (χ2n) is 6.34. The predicted octanol–water partition coefficient (Wildman–Crippen LogP) is 4.28. The third-order valence-electron chi connectivity index (χ3n) is 4.44. The van der Waals surface area contributed by atoms with Crippen molar-refractivity contribution in [2.24, 2.45) is 0 Å². The van der Waals surface area contributed by atoms with Gasteiger partial charge in [-0.3, -0.25) is 4.79 Å². The van der Waals surface area contributed by atoms with Crippen LogP contribution >= 0.6 is 11.3 Å². The number of hydrogen-bond acceptors (Lipinski definition) is 5. The number of nitrogens with zero attached hydrogens (tertiary/aromatic N) is 1. The maximum atomic E-state index is 12.9. The molecule has 0 spiro atoms. The summed E-state index contributed by atoms with van der Waals surface area (Å²) in [5, 5.41) is 6.09. The van der Waals surface area contributed by atoms with E-state index in [9.17, 15) is 4.79 Å². The number of hydrogen-bond donors (Lipinski definition) is 1. The van der Waals surface area contributed by atoms with Crippen LogP contribution in [0.1, 0.15) is 39.1 Å².